The lowest BCUT2D eigenvalue weighted by atomic mass is 10.1. The van der Waals surface area contributed by atoms with E-state index in [0.717, 1.165) is 24.1 Å². The smallest absolute Gasteiger partial charge is 0.269 e. The number of aryl methyl sites for hydroxylation is 1. The Kier molecular flexibility index (Phi) is 5.29. The molecule has 0 saturated carbocycles. The van der Waals surface area contributed by atoms with E-state index in [1.54, 1.807) is 18.2 Å². The summed E-state index contributed by atoms with van der Waals surface area (Å²) in [6.45, 7) is 0.628. The second-order valence-corrected chi connectivity index (χ2v) is 5.96. The van der Waals surface area contributed by atoms with Gasteiger partial charge in [0.2, 0.25) is 0 Å². The van der Waals surface area contributed by atoms with Crippen LogP contribution in [0.3, 0.4) is 0 Å². The standard InChI is InChI=1S/C19H18ClN3O/c20-16-10-8-15(9-11-16)17-13-18(23-22-17)19(24)21-12-4-7-14-5-2-1-3-6-14/h1-3,5-6,8-11,13H,4,7,12H2,(H,21,24)(H,22,23). The second kappa shape index (κ2) is 7.79. The maximum Gasteiger partial charge on any atom is 0.269 e. The number of nitrogens with zero attached hydrogens (tertiary/aromatic N) is 1. The molecule has 0 atom stereocenters. The fourth-order valence-corrected chi connectivity index (χ4v) is 2.57. The van der Waals surface area contributed by atoms with Gasteiger partial charge in [0, 0.05) is 17.1 Å². The van der Waals surface area contributed by atoms with Crippen LogP contribution in [-0.4, -0.2) is 22.6 Å². The zero-order valence-corrected chi connectivity index (χ0v) is 13.9. The zero-order valence-electron chi connectivity index (χ0n) is 13.1. The summed E-state index contributed by atoms with van der Waals surface area (Å²) >= 11 is 5.88. The first-order valence-corrected chi connectivity index (χ1v) is 8.23. The minimum atomic E-state index is -0.143. The molecule has 2 aromatic carbocycles. The molecule has 4 nitrogen and oxygen atoms in total. The minimum absolute atomic E-state index is 0.143. The first kappa shape index (κ1) is 16.3. The Morgan fingerprint density at radius 1 is 1.08 bits per heavy atom. The summed E-state index contributed by atoms with van der Waals surface area (Å²) in [7, 11) is 0. The van der Waals surface area contributed by atoms with E-state index in [9.17, 15) is 4.79 Å². The number of hydrogen-bond donors (Lipinski definition) is 2. The number of benzene rings is 2. The SMILES string of the molecule is O=C(NCCCc1ccccc1)c1cc(-c2ccc(Cl)cc2)n[nH]1. The number of aromatic amines is 1. The third-order valence-corrected chi connectivity index (χ3v) is 3.99. The highest BCUT2D eigenvalue weighted by molar-refractivity contribution is 6.30. The number of rotatable bonds is 6. The number of H-pyrrole nitrogens is 1. The number of carbonyl (C=O) groups is 1. The van der Waals surface area contributed by atoms with Crippen molar-refractivity contribution < 1.29 is 4.79 Å². The van der Waals surface area contributed by atoms with E-state index < -0.39 is 0 Å². The van der Waals surface area contributed by atoms with Crippen LogP contribution in [0.5, 0.6) is 0 Å². The average Bonchev–Trinajstić information content (AvgIpc) is 3.10. The van der Waals surface area contributed by atoms with E-state index in [4.69, 9.17) is 11.6 Å². The molecular weight excluding hydrogens is 322 g/mol. The van der Waals surface area contributed by atoms with Gasteiger partial charge in [0.25, 0.3) is 5.91 Å². The summed E-state index contributed by atoms with van der Waals surface area (Å²) in [5.74, 6) is -0.143. The molecule has 3 rings (SSSR count). The largest absolute Gasteiger partial charge is 0.351 e. The molecular formula is C19H18ClN3O. The third-order valence-electron chi connectivity index (χ3n) is 3.73. The van der Waals surface area contributed by atoms with Crippen molar-refractivity contribution >= 4 is 17.5 Å². The fourth-order valence-electron chi connectivity index (χ4n) is 2.44. The summed E-state index contributed by atoms with van der Waals surface area (Å²) in [6, 6.07) is 19.3. The molecule has 0 saturated heterocycles. The van der Waals surface area contributed by atoms with Crippen molar-refractivity contribution in [1.82, 2.24) is 15.5 Å². The number of nitrogens with one attached hydrogen (secondary N) is 2. The Labute approximate surface area is 145 Å². The van der Waals surface area contributed by atoms with Crippen LogP contribution in [0.4, 0.5) is 0 Å². The van der Waals surface area contributed by atoms with Crippen LogP contribution < -0.4 is 5.32 Å². The second-order valence-electron chi connectivity index (χ2n) is 5.52. The van der Waals surface area contributed by atoms with Crippen LogP contribution in [-0.2, 0) is 6.42 Å². The molecule has 0 radical (unpaired) electrons. The fraction of sp³-hybridized carbons (Fsp3) is 0.158. The van der Waals surface area contributed by atoms with E-state index in [2.05, 4.69) is 27.6 Å². The first-order chi connectivity index (χ1) is 11.7. The Balaban J connectivity index is 1.51. The summed E-state index contributed by atoms with van der Waals surface area (Å²) in [4.78, 5) is 12.2. The van der Waals surface area contributed by atoms with E-state index >= 15 is 0 Å². The molecule has 1 amide bonds. The Morgan fingerprint density at radius 2 is 1.83 bits per heavy atom. The number of halogens is 1. The van der Waals surface area contributed by atoms with Gasteiger partial charge < -0.3 is 5.32 Å². The lowest BCUT2D eigenvalue weighted by Gasteiger charge is -2.03. The first-order valence-electron chi connectivity index (χ1n) is 7.86. The molecule has 0 unspecified atom stereocenters. The van der Waals surface area contributed by atoms with Crippen molar-refractivity contribution in [1.29, 1.82) is 0 Å². The van der Waals surface area contributed by atoms with Crippen molar-refractivity contribution in [2.45, 2.75) is 12.8 Å². The monoisotopic (exact) mass is 339 g/mol. The topological polar surface area (TPSA) is 57.8 Å². The quantitative estimate of drug-likeness (QED) is 0.664. The molecule has 1 aromatic heterocycles. The van der Waals surface area contributed by atoms with Gasteiger partial charge in [-0.2, -0.15) is 5.10 Å². The van der Waals surface area contributed by atoms with Gasteiger partial charge in [0.15, 0.2) is 0 Å². The molecule has 24 heavy (non-hydrogen) atoms. The van der Waals surface area contributed by atoms with Crippen molar-refractivity contribution in [3.05, 3.63) is 76.9 Å². The Bertz CT molecular complexity index is 797. The van der Waals surface area contributed by atoms with Gasteiger partial charge in [-0.15, -0.1) is 0 Å². The molecule has 0 aliphatic carbocycles. The van der Waals surface area contributed by atoms with Gasteiger partial charge in [-0.05, 0) is 36.6 Å². The van der Waals surface area contributed by atoms with Gasteiger partial charge in [-0.1, -0.05) is 54.1 Å². The van der Waals surface area contributed by atoms with E-state index in [-0.39, 0.29) is 5.91 Å². The maximum absolute atomic E-state index is 12.2. The van der Waals surface area contributed by atoms with E-state index in [0.29, 0.717) is 17.3 Å². The highest BCUT2D eigenvalue weighted by Crippen LogP contribution is 2.20. The molecule has 0 aliphatic rings. The molecule has 5 heteroatoms. The van der Waals surface area contributed by atoms with Crippen LogP contribution in [0.1, 0.15) is 22.5 Å². The lowest BCUT2D eigenvalue weighted by Crippen LogP contribution is -2.25. The van der Waals surface area contributed by atoms with Crippen molar-refractivity contribution in [2.24, 2.45) is 0 Å². The predicted octanol–water partition coefficient (Wildman–Crippen LogP) is 4.09. The van der Waals surface area contributed by atoms with Crippen LogP contribution in [0.15, 0.2) is 60.7 Å². The predicted molar refractivity (Wildman–Crippen MR) is 96.1 cm³/mol. The number of carbonyl (C=O) groups excluding carboxylic acids is 1. The van der Waals surface area contributed by atoms with Crippen molar-refractivity contribution in [2.75, 3.05) is 6.54 Å². The van der Waals surface area contributed by atoms with E-state index in [1.807, 2.05) is 30.3 Å². The summed E-state index contributed by atoms with van der Waals surface area (Å²) in [6.07, 6.45) is 1.84. The van der Waals surface area contributed by atoms with Crippen LogP contribution in [0.25, 0.3) is 11.3 Å². The van der Waals surface area contributed by atoms with Gasteiger partial charge in [-0.25, -0.2) is 0 Å². The van der Waals surface area contributed by atoms with Gasteiger partial charge in [0.1, 0.15) is 5.69 Å². The number of aromatic nitrogens is 2. The van der Waals surface area contributed by atoms with Gasteiger partial charge in [0.05, 0.1) is 5.69 Å². The Hall–Kier alpha value is -2.59. The van der Waals surface area contributed by atoms with Gasteiger partial charge >= 0.3 is 0 Å². The molecule has 0 aliphatic heterocycles. The molecule has 0 fully saturated rings. The van der Waals surface area contributed by atoms with E-state index in [1.165, 1.54) is 5.56 Å². The van der Waals surface area contributed by atoms with Crippen molar-refractivity contribution in [3.63, 3.8) is 0 Å². The number of amides is 1. The molecule has 0 spiro atoms. The van der Waals surface area contributed by atoms with Crippen molar-refractivity contribution in [3.8, 4) is 11.3 Å². The summed E-state index contributed by atoms with van der Waals surface area (Å²) in [5, 5.41) is 10.6. The third kappa shape index (κ3) is 4.24. The maximum atomic E-state index is 12.2. The zero-order chi connectivity index (χ0) is 16.8. The van der Waals surface area contributed by atoms with Gasteiger partial charge in [-0.3, -0.25) is 9.89 Å². The molecule has 1 heterocycles. The average molecular weight is 340 g/mol. The summed E-state index contributed by atoms with van der Waals surface area (Å²) in [5.41, 5.74) is 3.37. The minimum Gasteiger partial charge on any atom is -0.351 e. The number of hydrogen-bond acceptors (Lipinski definition) is 2. The highest BCUT2D eigenvalue weighted by Gasteiger charge is 2.10. The van der Waals surface area contributed by atoms with Crippen LogP contribution in [0.2, 0.25) is 5.02 Å². The molecule has 122 valence electrons. The Morgan fingerprint density at radius 3 is 2.58 bits per heavy atom. The van der Waals surface area contributed by atoms with Crippen LogP contribution in [0, 0.1) is 0 Å². The normalized spacial score (nSPS) is 10.5. The molecule has 0 bridgehead atoms. The molecule has 2 N–H and O–H groups in total. The summed E-state index contributed by atoms with van der Waals surface area (Å²) < 4.78 is 0. The highest BCUT2D eigenvalue weighted by atomic mass is 35.5. The molecule has 3 aromatic rings. The lowest BCUT2D eigenvalue weighted by molar-refractivity contribution is 0.0948. The van der Waals surface area contributed by atoms with Crippen LogP contribution >= 0.6 is 11.6 Å².